The van der Waals surface area contributed by atoms with Gasteiger partial charge in [-0.1, -0.05) is 25.0 Å². The van der Waals surface area contributed by atoms with Crippen molar-refractivity contribution in [2.24, 2.45) is 0 Å². The van der Waals surface area contributed by atoms with Crippen molar-refractivity contribution >= 4 is 11.6 Å². The fraction of sp³-hybridized carbons (Fsp3) is 0.571. The van der Waals surface area contributed by atoms with Crippen molar-refractivity contribution in [1.29, 1.82) is 0 Å². The fourth-order valence-corrected chi connectivity index (χ4v) is 2.93. The summed E-state index contributed by atoms with van der Waals surface area (Å²) >= 11 is 6.17. The van der Waals surface area contributed by atoms with Crippen LogP contribution < -0.4 is 0 Å². The van der Waals surface area contributed by atoms with Crippen LogP contribution in [0.2, 0.25) is 0 Å². The molecule has 94 valence electrons. The minimum Gasteiger partial charge on any atom is -0.203 e. The monoisotopic (exact) mass is 258 g/mol. The first-order valence-corrected chi connectivity index (χ1v) is 6.61. The Balaban J connectivity index is 2.29. The van der Waals surface area contributed by atoms with Gasteiger partial charge < -0.3 is 0 Å². The van der Waals surface area contributed by atoms with Crippen molar-refractivity contribution in [3.8, 4) is 0 Å². The van der Waals surface area contributed by atoms with E-state index >= 15 is 0 Å². The van der Waals surface area contributed by atoms with Crippen molar-refractivity contribution in [3.05, 3.63) is 34.9 Å². The Morgan fingerprint density at radius 2 is 1.82 bits per heavy atom. The summed E-state index contributed by atoms with van der Waals surface area (Å²) < 4.78 is 27.4. The molecular weight excluding hydrogens is 242 g/mol. The first-order valence-electron chi connectivity index (χ1n) is 6.18. The summed E-state index contributed by atoms with van der Waals surface area (Å²) in [6.45, 7) is 1.58. The van der Waals surface area contributed by atoms with E-state index in [0.29, 0.717) is 11.1 Å². The van der Waals surface area contributed by atoms with Crippen LogP contribution in [0.4, 0.5) is 8.78 Å². The molecule has 2 atom stereocenters. The minimum atomic E-state index is -0.710. The van der Waals surface area contributed by atoms with Crippen molar-refractivity contribution in [2.45, 2.75) is 50.3 Å². The molecule has 2 unspecified atom stereocenters. The van der Waals surface area contributed by atoms with Gasteiger partial charge in [0.1, 0.15) is 0 Å². The van der Waals surface area contributed by atoms with E-state index in [4.69, 9.17) is 11.6 Å². The number of halogens is 3. The van der Waals surface area contributed by atoms with E-state index in [-0.39, 0.29) is 11.3 Å². The molecule has 0 bridgehead atoms. The average Bonchev–Trinajstić information content (AvgIpc) is 2.51. The second-order valence-corrected chi connectivity index (χ2v) is 5.53. The zero-order chi connectivity index (χ0) is 12.4. The molecule has 17 heavy (non-hydrogen) atoms. The highest BCUT2D eigenvalue weighted by Crippen LogP contribution is 2.36. The second kappa shape index (κ2) is 5.34. The van der Waals surface area contributed by atoms with Crippen molar-refractivity contribution in [3.63, 3.8) is 0 Å². The first-order chi connectivity index (χ1) is 8.09. The Bertz CT molecular complexity index is 403. The van der Waals surface area contributed by atoms with Crippen LogP contribution in [0, 0.1) is 18.6 Å². The van der Waals surface area contributed by atoms with Crippen molar-refractivity contribution in [1.82, 2.24) is 0 Å². The summed E-state index contributed by atoms with van der Waals surface area (Å²) in [6, 6.07) is 3.37. The van der Waals surface area contributed by atoms with Crippen LogP contribution in [-0.4, -0.2) is 5.38 Å². The van der Waals surface area contributed by atoms with Crippen LogP contribution in [0.25, 0.3) is 0 Å². The van der Waals surface area contributed by atoms with E-state index in [1.54, 1.807) is 19.1 Å². The molecule has 0 aromatic heterocycles. The van der Waals surface area contributed by atoms with Gasteiger partial charge in [-0.25, -0.2) is 8.78 Å². The SMILES string of the molecule is Cc1ccc(C2CCCCC(Cl)C2)c(F)c1F. The van der Waals surface area contributed by atoms with E-state index in [1.807, 2.05) is 0 Å². The zero-order valence-electron chi connectivity index (χ0n) is 9.98. The van der Waals surface area contributed by atoms with Gasteiger partial charge in [-0.2, -0.15) is 0 Å². The van der Waals surface area contributed by atoms with E-state index in [1.165, 1.54) is 0 Å². The lowest BCUT2D eigenvalue weighted by Gasteiger charge is -2.18. The highest BCUT2D eigenvalue weighted by molar-refractivity contribution is 6.20. The van der Waals surface area contributed by atoms with Crippen LogP contribution in [0.1, 0.15) is 49.1 Å². The van der Waals surface area contributed by atoms with Gasteiger partial charge in [0, 0.05) is 5.38 Å². The molecule has 1 aromatic rings. The molecule has 0 radical (unpaired) electrons. The van der Waals surface area contributed by atoms with Crippen LogP contribution >= 0.6 is 11.6 Å². The third kappa shape index (κ3) is 2.79. The molecule has 1 fully saturated rings. The number of alkyl halides is 1. The van der Waals surface area contributed by atoms with E-state index < -0.39 is 11.6 Å². The highest BCUT2D eigenvalue weighted by atomic mass is 35.5. The normalized spacial score (nSPS) is 25.6. The lowest BCUT2D eigenvalue weighted by molar-refractivity contribution is 0.471. The van der Waals surface area contributed by atoms with Crippen molar-refractivity contribution < 1.29 is 8.78 Å². The van der Waals surface area contributed by atoms with E-state index in [2.05, 4.69) is 0 Å². The minimum absolute atomic E-state index is 0.0649. The average molecular weight is 259 g/mol. The summed E-state index contributed by atoms with van der Waals surface area (Å²) in [5.74, 6) is -1.33. The van der Waals surface area contributed by atoms with Crippen LogP contribution in [0.5, 0.6) is 0 Å². The molecule has 0 amide bonds. The van der Waals surface area contributed by atoms with Crippen LogP contribution in [0.15, 0.2) is 12.1 Å². The summed E-state index contributed by atoms with van der Waals surface area (Å²) in [7, 11) is 0. The molecule has 0 heterocycles. The lowest BCUT2D eigenvalue weighted by atomic mass is 9.90. The molecule has 0 saturated heterocycles. The quantitative estimate of drug-likeness (QED) is 0.495. The number of hydrogen-bond donors (Lipinski definition) is 0. The lowest BCUT2D eigenvalue weighted by Crippen LogP contribution is -2.08. The molecule has 0 N–H and O–H groups in total. The van der Waals surface area contributed by atoms with E-state index in [9.17, 15) is 8.78 Å². The topological polar surface area (TPSA) is 0 Å². The van der Waals surface area contributed by atoms with Gasteiger partial charge in [-0.05, 0) is 43.2 Å². The van der Waals surface area contributed by atoms with E-state index in [0.717, 1.165) is 32.1 Å². The Morgan fingerprint density at radius 3 is 2.59 bits per heavy atom. The van der Waals surface area contributed by atoms with Crippen LogP contribution in [0.3, 0.4) is 0 Å². The molecule has 0 spiro atoms. The standard InChI is InChI=1S/C14H17ClF2/c1-9-6-7-12(14(17)13(9)16)10-4-2-3-5-11(15)8-10/h6-7,10-11H,2-5,8H2,1H3. The first kappa shape index (κ1) is 12.8. The maximum absolute atomic E-state index is 13.9. The van der Waals surface area contributed by atoms with Gasteiger partial charge in [0.15, 0.2) is 11.6 Å². The van der Waals surface area contributed by atoms with Gasteiger partial charge in [0.25, 0.3) is 0 Å². The number of benzene rings is 1. The predicted molar refractivity (Wildman–Crippen MR) is 66.6 cm³/mol. The van der Waals surface area contributed by atoms with Crippen molar-refractivity contribution in [2.75, 3.05) is 0 Å². The number of hydrogen-bond acceptors (Lipinski definition) is 0. The molecule has 2 rings (SSSR count). The highest BCUT2D eigenvalue weighted by Gasteiger charge is 2.24. The third-order valence-electron chi connectivity index (χ3n) is 3.61. The number of rotatable bonds is 1. The largest absolute Gasteiger partial charge is 0.203 e. The molecular formula is C14H17ClF2. The molecule has 1 aliphatic rings. The van der Waals surface area contributed by atoms with Gasteiger partial charge in [-0.15, -0.1) is 11.6 Å². The summed E-state index contributed by atoms with van der Waals surface area (Å²) in [5, 5.41) is 0.0891. The van der Waals surface area contributed by atoms with Gasteiger partial charge in [0.2, 0.25) is 0 Å². The number of aryl methyl sites for hydroxylation is 1. The molecule has 0 nitrogen and oxygen atoms in total. The Labute approximate surface area is 106 Å². The smallest absolute Gasteiger partial charge is 0.162 e. The fourth-order valence-electron chi connectivity index (χ4n) is 2.56. The second-order valence-electron chi connectivity index (χ2n) is 4.91. The molecule has 1 saturated carbocycles. The third-order valence-corrected chi connectivity index (χ3v) is 4.00. The van der Waals surface area contributed by atoms with Gasteiger partial charge in [0.05, 0.1) is 0 Å². The summed E-state index contributed by atoms with van der Waals surface area (Å²) in [6.07, 6.45) is 4.76. The molecule has 1 aliphatic carbocycles. The summed E-state index contributed by atoms with van der Waals surface area (Å²) in [4.78, 5) is 0. The Morgan fingerprint density at radius 1 is 1.12 bits per heavy atom. The maximum Gasteiger partial charge on any atom is 0.162 e. The zero-order valence-corrected chi connectivity index (χ0v) is 10.7. The van der Waals surface area contributed by atoms with Gasteiger partial charge >= 0.3 is 0 Å². The Kier molecular flexibility index (Phi) is 4.03. The Hall–Kier alpha value is -0.630. The summed E-state index contributed by atoms with van der Waals surface area (Å²) in [5.41, 5.74) is 0.864. The molecule has 0 aliphatic heterocycles. The molecule has 3 heteroatoms. The molecule has 1 aromatic carbocycles. The van der Waals surface area contributed by atoms with Crippen LogP contribution in [-0.2, 0) is 0 Å². The predicted octanol–water partition coefficient (Wildman–Crippen LogP) is 4.93. The van der Waals surface area contributed by atoms with Gasteiger partial charge in [-0.3, -0.25) is 0 Å². The maximum atomic E-state index is 13.9.